The van der Waals surface area contributed by atoms with Gasteiger partial charge in [-0.05, 0) is 12.1 Å². The number of ketones is 4. The summed E-state index contributed by atoms with van der Waals surface area (Å²) in [6.07, 6.45) is 0. The van der Waals surface area contributed by atoms with Gasteiger partial charge in [0, 0.05) is 36.5 Å². The molecule has 2 aliphatic rings. The quantitative estimate of drug-likeness (QED) is 0.150. The Bertz CT molecular complexity index is 1960. The number of rotatable bonds is 8. The predicted molar refractivity (Wildman–Crippen MR) is 158 cm³/mol. The van der Waals surface area contributed by atoms with Gasteiger partial charge in [-0.15, -0.1) is 0 Å². The first-order chi connectivity index (χ1) is 21.7. The van der Waals surface area contributed by atoms with Crippen molar-refractivity contribution in [3.05, 3.63) is 130 Å². The highest BCUT2D eigenvalue weighted by molar-refractivity contribution is 7.48. The van der Waals surface area contributed by atoms with Crippen molar-refractivity contribution in [2.45, 2.75) is 0 Å². The maximum absolute atomic E-state index is 12.5. The molecule has 46 heavy (non-hydrogen) atoms. The van der Waals surface area contributed by atoms with Crippen molar-refractivity contribution in [1.29, 1.82) is 0 Å². The SMILES string of the molecule is C=C(OP(=O)(O)O)c1cc2c(o1)C(=O)c1ccccc1C2=O.C=C(OP(=O)(OC)OC)c1cc2c(o1)C(=O)c1ccccc1C2=O. The fraction of sp³-hybridized carbons (Fsp3) is 0.0667. The summed E-state index contributed by atoms with van der Waals surface area (Å²) in [6, 6.07) is 15.2. The minimum Gasteiger partial charge on any atom is -0.449 e. The lowest BCUT2D eigenvalue weighted by Crippen LogP contribution is -2.18. The lowest BCUT2D eigenvalue weighted by Gasteiger charge is -2.14. The van der Waals surface area contributed by atoms with E-state index in [1.165, 1.54) is 24.3 Å². The van der Waals surface area contributed by atoms with E-state index in [2.05, 4.69) is 26.7 Å². The summed E-state index contributed by atoms with van der Waals surface area (Å²) in [5, 5.41) is 0. The zero-order valence-corrected chi connectivity index (χ0v) is 25.7. The van der Waals surface area contributed by atoms with Gasteiger partial charge in [0.25, 0.3) is 0 Å². The van der Waals surface area contributed by atoms with E-state index in [1.807, 2.05) is 0 Å². The van der Waals surface area contributed by atoms with Gasteiger partial charge in [0.1, 0.15) is 0 Å². The van der Waals surface area contributed by atoms with E-state index < -0.39 is 38.8 Å². The molecule has 0 aliphatic heterocycles. The van der Waals surface area contributed by atoms with Crippen LogP contribution in [-0.4, -0.2) is 47.1 Å². The monoisotopic (exact) mass is 668 g/mol. The van der Waals surface area contributed by atoms with Gasteiger partial charge in [-0.3, -0.25) is 38.0 Å². The van der Waals surface area contributed by atoms with Gasteiger partial charge in [-0.25, -0.2) is 9.13 Å². The molecule has 0 spiro atoms. The van der Waals surface area contributed by atoms with E-state index in [0.717, 1.165) is 14.2 Å². The van der Waals surface area contributed by atoms with Gasteiger partial charge in [-0.1, -0.05) is 61.7 Å². The molecule has 0 bridgehead atoms. The van der Waals surface area contributed by atoms with Crippen LogP contribution < -0.4 is 0 Å². The zero-order chi connectivity index (χ0) is 33.6. The molecule has 2 N–H and O–H groups in total. The van der Waals surface area contributed by atoms with E-state index >= 15 is 0 Å². The number of phosphoric ester groups is 2. The smallest absolute Gasteiger partial charge is 0.449 e. The van der Waals surface area contributed by atoms with Crippen LogP contribution in [0.1, 0.15) is 75.6 Å². The number of carbonyl (C=O) groups excluding carboxylic acids is 4. The molecule has 6 rings (SSSR count). The summed E-state index contributed by atoms with van der Waals surface area (Å²) in [5.74, 6) is -2.81. The molecule has 0 amide bonds. The number of benzene rings is 2. The molecule has 0 unspecified atom stereocenters. The Morgan fingerprint density at radius 1 is 0.609 bits per heavy atom. The predicted octanol–water partition coefficient (Wildman–Crippen LogP) is 5.58. The van der Waals surface area contributed by atoms with Crippen LogP contribution in [0.2, 0.25) is 0 Å². The van der Waals surface area contributed by atoms with Crippen molar-refractivity contribution in [2.75, 3.05) is 14.2 Å². The lowest BCUT2D eigenvalue weighted by atomic mass is 9.89. The molecule has 14 nitrogen and oxygen atoms in total. The van der Waals surface area contributed by atoms with E-state index in [1.54, 1.807) is 36.4 Å². The normalized spacial score (nSPS) is 13.5. The summed E-state index contributed by atoms with van der Waals surface area (Å²) in [4.78, 5) is 67.1. The topological polar surface area (TPSA) is 206 Å². The van der Waals surface area contributed by atoms with Crippen molar-refractivity contribution >= 4 is 50.3 Å². The Morgan fingerprint density at radius 3 is 1.30 bits per heavy atom. The molecule has 4 aromatic rings. The van der Waals surface area contributed by atoms with Gasteiger partial charge < -0.3 is 17.9 Å². The van der Waals surface area contributed by atoms with Crippen LogP contribution in [-0.2, 0) is 27.2 Å². The van der Waals surface area contributed by atoms with Crippen LogP contribution in [0.15, 0.2) is 82.7 Å². The summed E-state index contributed by atoms with van der Waals surface area (Å²) >= 11 is 0. The molecule has 0 atom stereocenters. The van der Waals surface area contributed by atoms with Crippen molar-refractivity contribution in [1.82, 2.24) is 0 Å². The third kappa shape index (κ3) is 6.01. The van der Waals surface area contributed by atoms with Crippen LogP contribution in [0.3, 0.4) is 0 Å². The molecule has 0 saturated heterocycles. The molecule has 2 aromatic carbocycles. The van der Waals surface area contributed by atoms with Gasteiger partial charge >= 0.3 is 15.6 Å². The van der Waals surface area contributed by atoms with Crippen molar-refractivity contribution < 1.29 is 65.0 Å². The molecular weight excluding hydrogens is 646 g/mol. The standard InChI is InChI=1S/C16H13O7P.C14H9O7P/c1-9(23-24(19,20-2)21-3)13-8-12-14(17)10-6-4-5-7-11(10)15(18)16(12)22-13;1-7(21-22(17,18)19)11-6-10-12(15)8-4-2-3-5-9(8)13(16)14(10)20-11/h4-8H,1H2,2-3H3;2-6H,1H2,(H2,17,18,19). The minimum absolute atomic E-state index is 0.00848. The molecule has 0 saturated carbocycles. The molecule has 0 fully saturated rings. The summed E-state index contributed by atoms with van der Waals surface area (Å²) < 4.78 is 52.1. The van der Waals surface area contributed by atoms with Crippen LogP contribution >= 0.6 is 15.6 Å². The Kier molecular flexibility index (Phi) is 8.54. The van der Waals surface area contributed by atoms with E-state index in [0.29, 0.717) is 5.56 Å². The highest BCUT2D eigenvalue weighted by Crippen LogP contribution is 2.51. The number of furan rings is 2. The van der Waals surface area contributed by atoms with Crippen molar-refractivity contribution in [3.8, 4) is 0 Å². The van der Waals surface area contributed by atoms with E-state index in [-0.39, 0.29) is 62.4 Å². The first-order valence-electron chi connectivity index (χ1n) is 12.9. The van der Waals surface area contributed by atoms with Crippen molar-refractivity contribution in [3.63, 3.8) is 0 Å². The van der Waals surface area contributed by atoms with Crippen LogP contribution in [0.5, 0.6) is 0 Å². The fourth-order valence-electron chi connectivity index (χ4n) is 4.54. The second-order valence-electron chi connectivity index (χ2n) is 9.45. The van der Waals surface area contributed by atoms with Gasteiger partial charge in [0.15, 0.2) is 46.1 Å². The summed E-state index contributed by atoms with van der Waals surface area (Å²) in [6.45, 7) is 6.90. The minimum atomic E-state index is -4.81. The van der Waals surface area contributed by atoms with Gasteiger partial charge in [0.05, 0.1) is 11.1 Å². The van der Waals surface area contributed by atoms with E-state index in [4.69, 9.17) is 23.1 Å². The zero-order valence-electron chi connectivity index (χ0n) is 23.9. The van der Waals surface area contributed by atoms with Gasteiger partial charge in [0.2, 0.25) is 11.6 Å². The second-order valence-corrected chi connectivity index (χ2v) is 12.4. The fourth-order valence-corrected chi connectivity index (χ4v) is 5.58. The molecule has 16 heteroatoms. The second kappa shape index (κ2) is 12.1. The van der Waals surface area contributed by atoms with Crippen LogP contribution in [0, 0.1) is 0 Å². The molecule has 236 valence electrons. The molecule has 2 heterocycles. The first kappa shape index (κ1) is 32.5. The van der Waals surface area contributed by atoms with Crippen LogP contribution in [0.4, 0.5) is 0 Å². The van der Waals surface area contributed by atoms with E-state index in [9.17, 15) is 28.3 Å². The maximum atomic E-state index is 12.5. The van der Waals surface area contributed by atoms with Crippen LogP contribution in [0.25, 0.3) is 11.5 Å². The number of phosphoric acid groups is 2. The highest BCUT2D eigenvalue weighted by Gasteiger charge is 2.36. The highest BCUT2D eigenvalue weighted by atomic mass is 31.2. The average molecular weight is 668 g/mol. The lowest BCUT2D eigenvalue weighted by molar-refractivity contribution is 0.0959. The van der Waals surface area contributed by atoms with Gasteiger partial charge in [-0.2, -0.15) is 0 Å². The number of carbonyl (C=O) groups is 4. The number of fused-ring (bicyclic) bond motifs is 4. The first-order valence-corrected chi connectivity index (χ1v) is 15.9. The average Bonchev–Trinajstić information content (AvgIpc) is 3.69. The van der Waals surface area contributed by atoms with Crippen molar-refractivity contribution in [2.24, 2.45) is 0 Å². The summed E-state index contributed by atoms with van der Waals surface area (Å²) in [5.41, 5.74) is 1.13. The molecular formula is C30H22O14P2. The molecule has 2 aliphatic carbocycles. The Morgan fingerprint density at radius 2 is 0.957 bits per heavy atom. The Labute approximate surface area is 259 Å². The largest absolute Gasteiger partial charge is 0.529 e. The molecule has 0 radical (unpaired) electrons. The molecule has 2 aromatic heterocycles. The Hall–Kier alpha value is -4.94. The third-order valence-corrected chi connectivity index (χ3v) is 8.44. The maximum Gasteiger partial charge on any atom is 0.529 e. The Balaban J connectivity index is 0.000000182. The summed E-state index contributed by atoms with van der Waals surface area (Å²) in [7, 11) is -6.35. The third-order valence-electron chi connectivity index (χ3n) is 6.65. The number of hydrogen-bond acceptors (Lipinski definition) is 12. The number of hydrogen-bond donors (Lipinski definition) is 2.